The molecule has 0 saturated heterocycles. The Hall–Kier alpha value is -1.16. The average molecular weight is 202 g/mol. The zero-order chi connectivity index (χ0) is 9.84. The lowest BCUT2D eigenvalue weighted by atomic mass is 10.2. The van der Waals surface area contributed by atoms with Gasteiger partial charge in [-0.25, -0.2) is 9.79 Å². The van der Waals surface area contributed by atoms with E-state index in [2.05, 4.69) is 4.99 Å². The second kappa shape index (κ2) is 4.18. The van der Waals surface area contributed by atoms with Gasteiger partial charge < -0.3 is 4.74 Å². The topological polar surface area (TPSA) is 55.7 Å². The van der Waals surface area contributed by atoms with E-state index in [1.807, 2.05) is 0 Å². The molecule has 1 heterocycles. The fourth-order valence-electron chi connectivity index (χ4n) is 0.877. The first-order chi connectivity index (χ1) is 6.13. The zero-order valence-electron chi connectivity index (χ0n) is 7.04. The number of carbonyl (C=O) groups excluding carboxylic acids is 2. The summed E-state index contributed by atoms with van der Waals surface area (Å²) >= 11 is 5.45. The number of rotatable bonds is 1. The van der Waals surface area contributed by atoms with Crippen LogP contribution in [0.25, 0.3) is 0 Å². The molecule has 0 aliphatic carbocycles. The van der Waals surface area contributed by atoms with Crippen molar-refractivity contribution in [1.29, 1.82) is 0 Å². The molecule has 0 N–H and O–H groups in total. The first-order valence-electron chi connectivity index (χ1n) is 3.69. The quantitative estimate of drug-likeness (QED) is 0.471. The Bertz CT molecular complexity index is 307. The third-order valence-electron chi connectivity index (χ3n) is 1.41. The summed E-state index contributed by atoms with van der Waals surface area (Å²) in [7, 11) is 0. The van der Waals surface area contributed by atoms with Crippen LogP contribution in [0.2, 0.25) is 0 Å². The van der Waals surface area contributed by atoms with Gasteiger partial charge in [0, 0.05) is 13.3 Å². The third kappa shape index (κ3) is 2.66. The van der Waals surface area contributed by atoms with Crippen LogP contribution < -0.4 is 0 Å². The zero-order valence-corrected chi connectivity index (χ0v) is 7.80. The fourth-order valence-corrected chi connectivity index (χ4v) is 1.04. The van der Waals surface area contributed by atoms with E-state index in [-0.39, 0.29) is 11.6 Å². The number of hydrogen-bond donors (Lipinski definition) is 0. The van der Waals surface area contributed by atoms with Crippen LogP contribution in [0.5, 0.6) is 0 Å². The first kappa shape index (κ1) is 9.92. The van der Waals surface area contributed by atoms with Crippen molar-refractivity contribution in [3.05, 3.63) is 11.8 Å². The molecule has 0 aromatic rings. The summed E-state index contributed by atoms with van der Waals surface area (Å²) in [4.78, 5) is 25.2. The Morgan fingerprint density at radius 3 is 2.92 bits per heavy atom. The SMILES string of the molecule is CC(=O)N=C1CC=C(CCl)OC1=O. The van der Waals surface area contributed by atoms with E-state index in [0.29, 0.717) is 12.2 Å². The standard InChI is InChI=1S/C8H8ClNO3/c1-5(11)10-7-3-2-6(4-9)13-8(7)12/h2H,3-4H2,1H3. The van der Waals surface area contributed by atoms with E-state index in [4.69, 9.17) is 16.3 Å². The molecule has 5 heteroatoms. The van der Waals surface area contributed by atoms with Gasteiger partial charge in [-0.1, -0.05) is 0 Å². The predicted molar refractivity (Wildman–Crippen MR) is 47.6 cm³/mol. The molecular formula is C8H8ClNO3. The van der Waals surface area contributed by atoms with E-state index < -0.39 is 11.9 Å². The summed E-state index contributed by atoms with van der Waals surface area (Å²) < 4.78 is 4.76. The van der Waals surface area contributed by atoms with Gasteiger partial charge in [0.15, 0.2) is 0 Å². The van der Waals surface area contributed by atoms with Crippen LogP contribution in [0.4, 0.5) is 0 Å². The van der Waals surface area contributed by atoms with E-state index in [0.717, 1.165) is 0 Å². The minimum Gasteiger partial charge on any atom is -0.426 e. The Labute approximate surface area is 80.2 Å². The van der Waals surface area contributed by atoms with E-state index in [9.17, 15) is 9.59 Å². The van der Waals surface area contributed by atoms with Crippen molar-refractivity contribution in [3.8, 4) is 0 Å². The third-order valence-corrected chi connectivity index (χ3v) is 1.67. The van der Waals surface area contributed by atoms with Crippen molar-refractivity contribution in [3.63, 3.8) is 0 Å². The lowest BCUT2D eigenvalue weighted by Crippen LogP contribution is -2.22. The van der Waals surface area contributed by atoms with Gasteiger partial charge in [0.2, 0.25) is 5.91 Å². The van der Waals surface area contributed by atoms with Crippen molar-refractivity contribution < 1.29 is 14.3 Å². The molecule has 70 valence electrons. The maximum absolute atomic E-state index is 11.1. The highest BCUT2D eigenvalue weighted by molar-refractivity contribution is 6.39. The lowest BCUT2D eigenvalue weighted by molar-refractivity contribution is -0.132. The minimum atomic E-state index is -0.589. The fraction of sp³-hybridized carbons (Fsp3) is 0.375. The molecule has 0 atom stereocenters. The van der Waals surface area contributed by atoms with Crippen LogP contribution in [0, 0.1) is 0 Å². The molecular weight excluding hydrogens is 194 g/mol. The van der Waals surface area contributed by atoms with Crippen LogP contribution in [0.15, 0.2) is 16.8 Å². The normalized spacial score (nSPS) is 19.7. The molecule has 0 bridgehead atoms. The number of esters is 1. The minimum absolute atomic E-state index is 0.126. The van der Waals surface area contributed by atoms with Crippen LogP contribution in [0.1, 0.15) is 13.3 Å². The molecule has 0 aromatic carbocycles. The van der Waals surface area contributed by atoms with Crippen molar-refractivity contribution >= 4 is 29.2 Å². The van der Waals surface area contributed by atoms with Crippen LogP contribution in [-0.4, -0.2) is 23.5 Å². The van der Waals surface area contributed by atoms with Gasteiger partial charge in [-0.3, -0.25) is 4.79 Å². The van der Waals surface area contributed by atoms with E-state index in [1.54, 1.807) is 6.08 Å². The van der Waals surface area contributed by atoms with Gasteiger partial charge in [-0.05, 0) is 6.08 Å². The van der Waals surface area contributed by atoms with Gasteiger partial charge in [-0.2, -0.15) is 0 Å². The van der Waals surface area contributed by atoms with Crippen molar-refractivity contribution in [1.82, 2.24) is 0 Å². The first-order valence-corrected chi connectivity index (χ1v) is 4.22. The maximum atomic E-state index is 11.1. The average Bonchev–Trinajstić information content (AvgIpc) is 2.08. The van der Waals surface area contributed by atoms with Crippen LogP contribution >= 0.6 is 11.6 Å². The molecule has 0 aromatic heterocycles. The van der Waals surface area contributed by atoms with Gasteiger partial charge in [0.1, 0.15) is 11.5 Å². The number of cyclic esters (lactones) is 1. The van der Waals surface area contributed by atoms with Gasteiger partial charge in [0.05, 0.1) is 5.88 Å². The Morgan fingerprint density at radius 2 is 2.46 bits per heavy atom. The molecule has 1 aliphatic rings. The number of amides is 1. The van der Waals surface area contributed by atoms with Crippen LogP contribution in [0.3, 0.4) is 0 Å². The summed E-state index contributed by atoms with van der Waals surface area (Å²) in [6, 6.07) is 0. The number of nitrogens with zero attached hydrogens (tertiary/aromatic N) is 1. The highest BCUT2D eigenvalue weighted by Crippen LogP contribution is 2.11. The Morgan fingerprint density at radius 1 is 1.77 bits per heavy atom. The number of aliphatic imine (C=N–C) groups is 1. The Balaban J connectivity index is 2.79. The molecule has 0 unspecified atom stereocenters. The van der Waals surface area contributed by atoms with Gasteiger partial charge >= 0.3 is 5.97 Å². The summed E-state index contributed by atoms with van der Waals surface area (Å²) in [6.07, 6.45) is 1.94. The number of carbonyl (C=O) groups is 2. The summed E-state index contributed by atoms with van der Waals surface area (Å²) in [5, 5.41) is 0. The van der Waals surface area contributed by atoms with Crippen molar-refractivity contribution in [2.24, 2.45) is 4.99 Å². The van der Waals surface area contributed by atoms with E-state index in [1.165, 1.54) is 6.92 Å². The summed E-state index contributed by atoms with van der Waals surface area (Å²) in [6.45, 7) is 1.28. The Kier molecular flexibility index (Phi) is 3.19. The molecule has 0 radical (unpaired) electrons. The van der Waals surface area contributed by atoms with Crippen LogP contribution in [-0.2, 0) is 14.3 Å². The van der Waals surface area contributed by atoms with Crippen molar-refractivity contribution in [2.75, 3.05) is 5.88 Å². The van der Waals surface area contributed by atoms with E-state index >= 15 is 0 Å². The molecule has 13 heavy (non-hydrogen) atoms. The molecule has 0 saturated carbocycles. The maximum Gasteiger partial charge on any atom is 0.358 e. The number of hydrogen-bond acceptors (Lipinski definition) is 3. The van der Waals surface area contributed by atoms with Gasteiger partial charge in [0.25, 0.3) is 0 Å². The van der Waals surface area contributed by atoms with Crippen molar-refractivity contribution in [2.45, 2.75) is 13.3 Å². The predicted octanol–water partition coefficient (Wildman–Crippen LogP) is 1.04. The lowest BCUT2D eigenvalue weighted by Gasteiger charge is -2.11. The molecule has 0 spiro atoms. The molecule has 0 fully saturated rings. The monoisotopic (exact) mass is 201 g/mol. The molecule has 4 nitrogen and oxygen atoms in total. The number of ether oxygens (including phenoxy) is 1. The number of alkyl halides is 1. The van der Waals surface area contributed by atoms with Gasteiger partial charge in [-0.15, -0.1) is 11.6 Å². The number of halogens is 1. The summed E-state index contributed by atoms with van der Waals surface area (Å²) in [5.74, 6) is -0.434. The molecule has 1 aliphatic heterocycles. The smallest absolute Gasteiger partial charge is 0.358 e. The largest absolute Gasteiger partial charge is 0.426 e. The highest BCUT2D eigenvalue weighted by atomic mass is 35.5. The molecule has 1 amide bonds. The number of allylic oxidation sites excluding steroid dienone is 2. The highest BCUT2D eigenvalue weighted by Gasteiger charge is 2.19. The molecule has 1 rings (SSSR count). The second-order valence-corrected chi connectivity index (χ2v) is 2.74. The second-order valence-electron chi connectivity index (χ2n) is 2.48. The summed E-state index contributed by atoms with van der Waals surface area (Å²) in [5.41, 5.74) is 0.126.